The molecule has 0 aromatic heterocycles. The Kier molecular flexibility index (Phi) is 14.8. The maximum absolute atomic E-state index is 12.7. The number of nitrogens with zero attached hydrogens (tertiary/aromatic N) is 2. The predicted molar refractivity (Wildman–Crippen MR) is 154 cm³/mol. The number of amides is 4. The van der Waals surface area contributed by atoms with Crippen molar-refractivity contribution in [3.63, 3.8) is 0 Å². The van der Waals surface area contributed by atoms with E-state index in [1.165, 1.54) is 0 Å². The van der Waals surface area contributed by atoms with Crippen molar-refractivity contribution in [3.8, 4) is 0 Å². The molecule has 2 heterocycles. The van der Waals surface area contributed by atoms with E-state index in [4.69, 9.17) is 0 Å². The number of hydrogen-bond acceptors (Lipinski definition) is 6. The van der Waals surface area contributed by atoms with E-state index in [0.717, 1.165) is 32.2 Å². The van der Waals surface area contributed by atoms with Crippen LogP contribution in [0.2, 0.25) is 0 Å². The molecule has 2 aliphatic rings. The van der Waals surface area contributed by atoms with Crippen molar-refractivity contribution < 1.29 is 19.2 Å². The Morgan fingerprint density at radius 3 is 1.38 bits per heavy atom. The first kappa shape index (κ1) is 33.0. The Morgan fingerprint density at radius 1 is 0.564 bits per heavy atom. The lowest BCUT2D eigenvalue weighted by molar-refractivity contribution is -0.123. The summed E-state index contributed by atoms with van der Waals surface area (Å²) in [4.78, 5) is 54.8. The predicted octanol–water partition coefficient (Wildman–Crippen LogP) is 1.64. The highest BCUT2D eigenvalue weighted by molar-refractivity contribution is 5.77. The monoisotopic (exact) mass is 550 g/mol. The van der Waals surface area contributed by atoms with Crippen molar-refractivity contribution in [2.75, 3.05) is 45.8 Å². The second-order valence-electron chi connectivity index (χ2n) is 11.9. The third-order valence-corrected chi connectivity index (χ3v) is 8.43. The molecule has 10 nitrogen and oxygen atoms in total. The molecule has 0 spiro atoms. The quantitative estimate of drug-likeness (QED) is 0.364. The van der Waals surface area contributed by atoms with Crippen LogP contribution in [0, 0.1) is 11.8 Å². The Morgan fingerprint density at radius 2 is 0.949 bits per heavy atom. The van der Waals surface area contributed by atoms with Crippen LogP contribution in [-0.2, 0) is 19.2 Å². The van der Waals surface area contributed by atoms with Gasteiger partial charge < -0.3 is 21.3 Å². The zero-order chi connectivity index (χ0) is 28.8. The van der Waals surface area contributed by atoms with Gasteiger partial charge in [-0.25, -0.2) is 0 Å². The number of carbonyl (C=O) groups is 4. The second kappa shape index (κ2) is 17.5. The van der Waals surface area contributed by atoms with E-state index in [2.05, 4.69) is 58.8 Å². The third kappa shape index (κ3) is 13.1. The van der Waals surface area contributed by atoms with Gasteiger partial charge in [-0.2, -0.15) is 0 Å². The van der Waals surface area contributed by atoms with Crippen LogP contribution in [0.4, 0.5) is 0 Å². The van der Waals surface area contributed by atoms with Gasteiger partial charge >= 0.3 is 0 Å². The lowest BCUT2D eigenvalue weighted by Crippen LogP contribution is -2.55. The molecule has 2 rings (SSSR count). The highest BCUT2D eigenvalue weighted by atomic mass is 16.2. The number of rotatable bonds is 0. The molecule has 2 aliphatic heterocycles. The molecule has 2 saturated heterocycles. The number of fused-ring (bicyclic) bond motifs is 3. The molecule has 0 aliphatic carbocycles. The molecule has 4 amide bonds. The fourth-order valence-electron chi connectivity index (χ4n) is 5.31. The summed E-state index contributed by atoms with van der Waals surface area (Å²) in [6.07, 6.45) is 4.86. The Labute approximate surface area is 235 Å². The molecule has 2 fully saturated rings. The minimum atomic E-state index is -0.0580. The first-order valence-electron chi connectivity index (χ1n) is 15.1. The maximum atomic E-state index is 12.7. The zero-order valence-electron chi connectivity index (χ0n) is 25.0. The SMILES string of the molecule is CC1CCC(=O)NCCN2CCNC(=O)CCC(C)CCC(=O)NC(C)C(C)N(CCNC(=O)CC1)CC2C. The molecule has 0 saturated carbocycles. The highest BCUT2D eigenvalue weighted by Gasteiger charge is 2.26. The van der Waals surface area contributed by atoms with Crippen molar-refractivity contribution in [1.82, 2.24) is 31.1 Å². The van der Waals surface area contributed by atoms with Crippen molar-refractivity contribution in [2.45, 2.75) is 104 Å². The topological polar surface area (TPSA) is 123 Å². The summed E-state index contributed by atoms with van der Waals surface area (Å²) in [6.45, 7) is 14.9. The average molecular weight is 551 g/mol. The molecule has 0 aromatic rings. The molecule has 2 bridgehead atoms. The van der Waals surface area contributed by atoms with Crippen LogP contribution in [0.3, 0.4) is 0 Å². The summed E-state index contributed by atoms with van der Waals surface area (Å²) in [5.41, 5.74) is 0. The summed E-state index contributed by atoms with van der Waals surface area (Å²) < 4.78 is 0. The highest BCUT2D eigenvalue weighted by Crippen LogP contribution is 2.15. The van der Waals surface area contributed by atoms with E-state index in [0.29, 0.717) is 76.8 Å². The summed E-state index contributed by atoms with van der Waals surface area (Å²) in [7, 11) is 0. The number of carbonyl (C=O) groups excluding carboxylic acids is 4. The summed E-state index contributed by atoms with van der Waals surface area (Å²) >= 11 is 0. The van der Waals surface area contributed by atoms with E-state index in [1.54, 1.807) is 0 Å². The van der Waals surface area contributed by atoms with Crippen molar-refractivity contribution >= 4 is 23.6 Å². The average Bonchev–Trinajstić information content (AvgIpc) is 2.89. The van der Waals surface area contributed by atoms with E-state index in [-0.39, 0.29) is 41.8 Å². The first-order chi connectivity index (χ1) is 18.5. The summed E-state index contributed by atoms with van der Waals surface area (Å²) in [5.74, 6) is 0.739. The molecule has 0 aromatic carbocycles. The molecule has 4 N–H and O–H groups in total. The van der Waals surface area contributed by atoms with Crippen LogP contribution in [0.1, 0.15) is 86.0 Å². The van der Waals surface area contributed by atoms with E-state index < -0.39 is 0 Å². The van der Waals surface area contributed by atoms with Gasteiger partial charge in [0.1, 0.15) is 0 Å². The van der Waals surface area contributed by atoms with Gasteiger partial charge in [-0.15, -0.1) is 0 Å². The molecular formula is C29H54N6O4. The second-order valence-corrected chi connectivity index (χ2v) is 11.9. The van der Waals surface area contributed by atoms with Crippen molar-refractivity contribution in [2.24, 2.45) is 11.8 Å². The summed E-state index contributed by atoms with van der Waals surface area (Å²) in [6, 6.07) is 0.133. The van der Waals surface area contributed by atoms with Crippen LogP contribution < -0.4 is 21.3 Å². The van der Waals surface area contributed by atoms with Crippen LogP contribution in [0.5, 0.6) is 0 Å². The van der Waals surface area contributed by atoms with Gasteiger partial charge in [0, 0.05) is 89.6 Å². The Hall–Kier alpha value is -2.20. The van der Waals surface area contributed by atoms with Crippen LogP contribution in [0.25, 0.3) is 0 Å². The van der Waals surface area contributed by atoms with Crippen LogP contribution >= 0.6 is 0 Å². The summed E-state index contributed by atoms with van der Waals surface area (Å²) in [5, 5.41) is 12.4. The van der Waals surface area contributed by atoms with Gasteiger partial charge in [-0.1, -0.05) is 13.8 Å². The van der Waals surface area contributed by atoms with Gasteiger partial charge in [0.25, 0.3) is 0 Å². The molecular weight excluding hydrogens is 496 g/mol. The minimum Gasteiger partial charge on any atom is -0.355 e. The number of hydrogen-bond donors (Lipinski definition) is 4. The lowest BCUT2D eigenvalue weighted by atomic mass is 9.99. The van der Waals surface area contributed by atoms with Gasteiger partial charge in [-0.05, 0) is 58.3 Å². The third-order valence-electron chi connectivity index (χ3n) is 8.43. The fraction of sp³-hybridized carbons (Fsp3) is 0.862. The zero-order valence-corrected chi connectivity index (χ0v) is 25.0. The molecule has 0 radical (unpaired) electrons. The first-order valence-corrected chi connectivity index (χ1v) is 15.1. The standard InChI is InChI=1S/C29H54N6O4/c1-21-6-10-26(36)30-14-17-34-18-15-31-27(37)12-8-22(2)9-13-29(39)33-24(4)25(5)35(20-23(34)3)19-16-32-28(38)11-7-21/h21-25H,6-20H2,1-5H3,(H,30,36)(H,31,37)(H,32,38)(H,33,39). The maximum Gasteiger partial charge on any atom is 0.220 e. The number of nitrogens with one attached hydrogen (secondary N) is 4. The van der Waals surface area contributed by atoms with Gasteiger partial charge in [-0.3, -0.25) is 29.0 Å². The van der Waals surface area contributed by atoms with Gasteiger partial charge in [0.2, 0.25) is 23.6 Å². The van der Waals surface area contributed by atoms with E-state index in [1.807, 2.05) is 6.92 Å². The molecule has 224 valence electrons. The molecule has 7 unspecified atom stereocenters. The van der Waals surface area contributed by atoms with Crippen LogP contribution in [-0.4, -0.2) is 97.4 Å². The molecule has 10 heteroatoms. The van der Waals surface area contributed by atoms with Gasteiger partial charge in [0.15, 0.2) is 0 Å². The van der Waals surface area contributed by atoms with Gasteiger partial charge in [0.05, 0.1) is 0 Å². The van der Waals surface area contributed by atoms with E-state index >= 15 is 0 Å². The lowest BCUT2D eigenvalue weighted by Gasteiger charge is -2.38. The Bertz CT molecular complexity index is 788. The van der Waals surface area contributed by atoms with E-state index in [9.17, 15) is 19.2 Å². The molecule has 39 heavy (non-hydrogen) atoms. The largest absolute Gasteiger partial charge is 0.355 e. The van der Waals surface area contributed by atoms with Crippen LogP contribution in [0.15, 0.2) is 0 Å². The normalized spacial score (nSPS) is 34.5. The molecule has 7 atom stereocenters. The minimum absolute atomic E-state index is 0.0354. The smallest absolute Gasteiger partial charge is 0.220 e. The fourth-order valence-corrected chi connectivity index (χ4v) is 5.31. The van der Waals surface area contributed by atoms with Crippen molar-refractivity contribution in [1.29, 1.82) is 0 Å². The van der Waals surface area contributed by atoms with Crippen molar-refractivity contribution in [3.05, 3.63) is 0 Å². The Balaban J connectivity index is 2.24.